The molecule has 0 spiro atoms. The second-order valence-corrected chi connectivity index (χ2v) is 3.25. The Hall–Kier alpha value is -1.33. The molecular weight excluding hydrogens is 162 g/mol. The quantitative estimate of drug-likeness (QED) is 0.553. The Morgan fingerprint density at radius 1 is 1.46 bits per heavy atom. The van der Waals surface area contributed by atoms with Gasteiger partial charge in [0.25, 0.3) is 0 Å². The minimum Gasteiger partial charge on any atom is -0.379 e. The molecule has 2 heterocycles. The summed E-state index contributed by atoms with van der Waals surface area (Å²) in [6.07, 6.45) is 3.62. The van der Waals surface area contributed by atoms with Gasteiger partial charge >= 0.3 is 0 Å². The van der Waals surface area contributed by atoms with Crippen LogP contribution in [0.3, 0.4) is 0 Å². The average Bonchev–Trinajstić information content (AvgIpc) is 2.01. The van der Waals surface area contributed by atoms with Crippen LogP contribution in [-0.2, 0) is 4.74 Å². The van der Waals surface area contributed by atoms with Gasteiger partial charge in [-0.3, -0.25) is 4.98 Å². The van der Waals surface area contributed by atoms with Gasteiger partial charge in [0.2, 0.25) is 0 Å². The smallest absolute Gasteiger partial charge is 0.0674 e. The van der Waals surface area contributed by atoms with E-state index in [-0.39, 0.29) is 0 Å². The van der Waals surface area contributed by atoms with Crippen molar-refractivity contribution >= 4 is 0 Å². The number of rotatable bonds is 0. The molecule has 66 valence electrons. The molecule has 1 aliphatic rings. The zero-order valence-corrected chi connectivity index (χ0v) is 7.58. The molecule has 1 aliphatic heterocycles. The van der Waals surface area contributed by atoms with E-state index in [9.17, 15) is 0 Å². The van der Waals surface area contributed by atoms with Crippen molar-refractivity contribution < 1.29 is 4.74 Å². The Bertz CT molecular complexity index is 358. The molecule has 0 amide bonds. The zero-order chi connectivity index (χ0) is 9.10. The molecule has 1 fully saturated rings. The van der Waals surface area contributed by atoms with Crippen molar-refractivity contribution in [1.29, 1.82) is 0 Å². The van der Waals surface area contributed by atoms with E-state index in [1.54, 1.807) is 6.20 Å². The van der Waals surface area contributed by atoms with E-state index in [1.165, 1.54) is 0 Å². The van der Waals surface area contributed by atoms with E-state index in [2.05, 4.69) is 16.8 Å². The Kier molecular flexibility index (Phi) is 2.29. The van der Waals surface area contributed by atoms with Crippen LogP contribution in [-0.4, -0.2) is 18.2 Å². The summed E-state index contributed by atoms with van der Waals surface area (Å²) in [5.74, 6) is 6.67. The van der Waals surface area contributed by atoms with E-state index in [0.29, 0.717) is 5.92 Å². The first-order chi connectivity index (χ1) is 6.34. The van der Waals surface area contributed by atoms with Gasteiger partial charge < -0.3 is 4.74 Å². The molecule has 0 bridgehead atoms. The first-order valence-corrected chi connectivity index (χ1v) is 4.35. The number of ether oxygens (including phenoxy) is 1. The topological polar surface area (TPSA) is 22.1 Å². The highest BCUT2D eigenvalue weighted by atomic mass is 16.5. The van der Waals surface area contributed by atoms with Gasteiger partial charge in [0, 0.05) is 18.0 Å². The van der Waals surface area contributed by atoms with Gasteiger partial charge in [-0.05, 0) is 18.6 Å². The number of aryl methyl sites for hydroxylation is 1. The summed E-state index contributed by atoms with van der Waals surface area (Å²) < 4.78 is 5.03. The number of pyridine rings is 1. The van der Waals surface area contributed by atoms with Crippen molar-refractivity contribution in [3.05, 3.63) is 29.6 Å². The number of nitrogens with zero attached hydrogens (tertiary/aromatic N) is 1. The van der Waals surface area contributed by atoms with Crippen molar-refractivity contribution in [3.63, 3.8) is 0 Å². The molecule has 1 aromatic rings. The fraction of sp³-hybridized carbons (Fsp3) is 0.364. The lowest BCUT2D eigenvalue weighted by Gasteiger charge is -2.19. The lowest BCUT2D eigenvalue weighted by Crippen LogP contribution is -2.25. The Morgan fingerprint density at radius 2 is 2.31 bits per heavy atom. The van der Waals surface area contributed by atoms with Crippen molar-refractivity contribution in [2.45, 2.75) is 6.92 Å². The van der Waals surface area contributed by atoms with Crippen LogP contribution < -0.4 is 0 Å². The van der Waals surface area contributed by atoms with Gasteiger partial charge in [-0.25, -0.2) is 0 Å². The predicted octanol–water partition coefficient (Wildman–Crippen LogP) is 1.39. The maximum absolute atomic E-state index is 5.03. The lowest BCUT2D eigenvalue weighted by atomic mass is 10.1. The summed E-state index contributed by atoms with van der Waals surface area (Å²) in [5.41, 5.74) is 2.14. The summed E-state index contributed by atoms with van der Waals surface area (Å²) in [6.45, 7) is 3.59. The summed E-state index contributed by atoms with van der Waals surface area (Å²) in [6, 6.07) is 2.04. The summed E-state index contributed by atoms with van der Waals surface area (Å²) in [7, 11) is 0. The molecule has 0 atom stereocenters. The molecule has 1 aromatic heterocycles. The van der Waals surface area contributed by atoms with Crippen LogP contribution in [0.15, 0.2) is 18.5 Å². The molecule has 0 saturated carbocycles. The standard InChI is InChI=1S/C11H11NO/c1-9-4-10(6-12-5-9)2-3-11-7-13-8-11/h4-6,11H,7-8H2,1H3. The fourth-order valence-corrected chi connectivity index (χ4v) is 1.13. The van der Waals surface area contributed by atoms with Gasteiger partial charge in [-0.2, -0.15) is 0 Å². The molecule has 2 heteroatoms. The number of hydrogen-bond acceptors (Lipinski definition) is 2. The van der Waals surface area contributed by atoms with E-state index >= 15 is 0 Å². The SMILES string of the molecule is Cc1cncc(C#CC2COC2)c1. The van der Waals surface area contributed by atoms with E-state index in [0.717, 1.165) is 24.3 Å². The molecule has 0 N–H and O–H groups in total. The fourth-order valence-electron chi connectivity index (χ4n) is 1.13. The monoisotopic (exact) mass is 173 g/mol. The second kappa shape index (κ2) is 3.59. The minimum absolute atomic E-state index is 0.431. The van der Waals surface area contributed by atoms with Gasteiger partial charge in [0.05, 0.1) is 19.1 Å². The third kappa shape index (κ3) is 2.07. The van der Waals surface area contributed by atoms with Gasteiger partial charge in [-0.15, -0.1) is 0 Å². The first kappa shape index (κ1) is 8.28. The average molecular weight is 173 g/mol. The van der Waals surface area contributed by atoms with Gasteiger partial charge in [0.15, 0.2) is 0 Å². The van der Waals surface area contributed by atoms with Crippen molar-refractivity contribution in [2.75, 3.05) is 13.2 Å². The Balaban J connectivity index is 2.10. The normalized spacial score (nSPS) is 15.8. The van der Waals surface area contributed by atoms with Crippen LogP contribution in [0.2, 0.25) is 0 Å². The second-order valence-electron chi connectivity index (χ2n) is 3.25. The zero-order valence-electron chi connectivity index (χ0n) is 7.58. The molecule has 2 nitrogen and oxygen atoms in total. The molecule has 2 rings (SSSR count). The predicted molar refractivity (Wildman–Crippen MR) is 50.2 cm³/mol. The van der Waals surface area contributed by atoms with Crippen LogP contribution in [0.5, 0.6) is 0 Å². The third-order valence-electron chi connectivity index (χ3n) is 1.93. The molecule has 0 unspecified atom stereocenters. The van der Waals surface area contributed by atoms with Crippen LogP contribution in [0.1, 0.15) is 11.1 Å². The number of aromatic nitrogens is 1. The van der Waals surface area contributed by atoms with Crippen molar-refractivity contribution in [2.24, 2.45) is 5.92 Å². The minimum atomic E-state index is 0.431. The maximum Gasteiger partial charge on any atom is 0.0674 e. The largest absolute Gasteiger partial charge is 0.379 e. The summed E-state index contributed by atoms with van der Waals surface area (Å²) in [4.78, 5) is 4.07. The van der Waals surface area contributed by atoms with Crippen molar-refractivity contribution in [1.82, 2.24) is 4.98 Å². The molecule has 13 heavy (non-hydrogen) atoms. The van der Waals surface area contributed by atoms with Gasteiger partial charge in [-0.1, -0.05) is 11.8 Å². The summed E-state index contributed by atoms with van der Waals surface area (Å²) >= 11 is 0. The Morgan fingerprint density at radius 3 is 2.92 bits per heavy atom. The summed E-state index contributed by atoms with van der Waals surface area (Å²) in [5, 5.41) is 0. The third-order valence-corrected chi connectivity index (χ3v) is 1.93. The van der Waals surface area contributed by atoms with Crippen LogP contribution >= 0.6 is 0 Å². The van der Waals surface area contributed by atoms with Crippen molar-refractivity contribution in [3.8, 4) is 11.8 Å². The van der Waals surface area contributed by atoms with E-state index < -0.39 is 0 Å². The number of hydrogen-bond donors (Lipinski definition) is 0. The maximum atomic E-state index is 5.03. The Labute approximate surface area is 77.9 Å². The highest BCUT2D eigenvalue weighted by Crippen LogP contribution is 2.08. The highest BCUT2D eigenvalue weighted by molar-refractivity contribution is 5.34. The highest BCUT2D eigenvalue weighted by Gasteiger charge is 2.14. The van der Waals surface area contributed by atoms with Crippen LogP contribution in [0.4, 0.5) is 0 Å². The van der Waals surface area contributed by atoms with E-state index in [4.69, 9.17) is 4.74 Å². The molecular formula is C11H11NO. The van der Waals surface area contributed by atoms with Crippen LogP contribution in [0, 0.1) is 24.7 Å². The van der Waals surface area contributed by atoms with E-state index in [1.807, 2.05) is 19.2 Å². The first-order valence-electron chi connectivity index (χ1n) is 4.35. The lowest BCUT2D eigenvalue weighted by molar-refractivity contribution is -0.00300. The van der Waals surface area contributed by atoms with Crippen LogP contribution in [0.25, 0.3) is 0 Å². The van der Waals surface area contributed by atoms with Gasteiger partial charge in [0.1, 0.15) is 0 Å². The molecule has 0 aromatic carbocycles. The molecule has 1 saturated heterocycles. The molecule has 0 radical (unpaired) electrons. The molecule has 0 aliphatic carbocycles.